The normalized spacial score (nSPS) is 14.3. The molecule has 0 saturated carbocycles. The average Bonchev–Trinajstić information content (AvgIpc) is 2.57. The molecular formula is C21H27BNO2. The van der Waals surface area contributed by atoms with Gasteiger partial charge in [0.15, 0.2) is 0 Å². The number of rotatable bonds is 7. The molecule has 0 saturated heterocycles. The van der Waals surface area contributed by atoms with E-state index in [1.54, 1.807) is 7.48 Å². The van der Waals surface area contributed by atoms with E-state index in [0.29, 0.717) is 17.9 Å². The van der Waals surface area contributed by atoms with Crippen LogP contribution in [0, 0.1) is 17.2 Å². The smallest absolute Gasteiger partial charge is 0.330 e. The van der Waals surface area contributed by atoms with Gasteiger partial charge in [0.2, 0.25) is 0 Å². The predicted octanol–water partition coefficient (Wildman–Crippen LogP) is 3.94. The van der Waals surface area contributed by atoms with E-state index < -0.39 is 11.2 Å². The second kappa shape index (κ2) is 7.60. The summed E-state index contributed by atoms with van der Waals surface area (Å²) in [5.74, 6) is 0.546. The number of benzene rings is 2. The first kappa shape index (κ1) is 19.5. The fourth-order valence-electron chi connectivity index (χ4n) is 2.62. The first-order valence-corrected chi connectivity index (χ1v) is 8.82. The Kier molecular flexibility index (Phi) is 5.93. The number of aliphatic hydroxyl groups is 1. The van der Waals surface area contributed by atoms with Crippen LogP contribution in [0.2, 0.25) is 0 Å². The van der Waals surface area contributed by atoms with Crippen molar-refractivity contribution in [3.8, 4) is 6.07 Å². The van der Waals surface area contributed by atoms with Crippen molar-refractivity contribution in [3.05, 3.63) is 42.0 Å². The van der Waals surface area contributed by atoms with Gasteiger partial charge in [-0.25, -0.2) is 0 Å². The minimum Gasteiger partial charge on any atom is -0.427 e. The van der Waals surface area contributed by atoms with Gasteiger partial charge in [0, 0.05) is 0 Å². The minimum atomic E-state index is -0.910. The second-order valence-electron chi connectivity index (χ2n) is 7.89. The molecule has 1 radical (unpaired) electrons. The van der Waals surface area contributed by atoms with Crippen LogP contribution in [0.5, 0.6) is 0 Å². The third kappa shape index (κ3) is 4.84. The van der Waals surface area contributed by atoms with Crippen molar-refractivity contribution in [1.82, 2.24) is 0 Å². The highest BCUT2D eigenvalue weighted by Crippen LogP contribution is 2.30. The van der Waals surface area contributed by atoms with Gasteiger partial charge in [-0.2, -0.15) is 5.26 Å². The second-order valence-corrected chi connectivity index (χ2v) is 7.89. The summed E-state index contributed by atoms with van der Waals surface area (Å²) < 4.78 is 5.98. The van der Waals surface area contributed by atoms with Crippen molar-refractivity contribution >= 4 is 23.7 Å². The van der Waals surface area contributed by atoms with Gasteiger partial charge >= 0.3 is 7.48 Å². The molecule has 1 unspecified atom stereocenters. The van der Waals surface area contributed by atoms with Crippen LogP contribution in [0.1, 0.15) is 53.0 Å². The van der Waals surface area contributed by atoms with Crippen molar-refractivity contribution in [2.75, 3.05) is 0 Å². The standard InChI is InChI=1S/C21H27BNO2/c1-15(2)10-11-21(5,24)20(3,4)25-22-19-9-8-17-12-16(14-23)6-7-18(17)13-19/h6-9,12-13,15,24H,10-11H2,1-5H3. The van der Waals surface area contributed by atoms with Gasteiger partial charge in [-0.3, -0.25) is 0 Å². The third-order valence-electron chi connectivity index (χ3n) is 4.99. The highest BCUT2D eigenvalue weighted by atomic mass is 16.5. The van der Waals surface area contributed by atoms with Crippen molar-refractivity contribution in [2.24, 2.45) is 5.92 Å². The Balaban J connectivity index is 2.09. The first-order chi connectivity index (χ1) is 11.6. The zero-order valence-electron chi connectivity index (χ0n) is 15.8. The number of hydrogen-bond donors (Lipinski definition) is 1. The molecule has 0 bridgehead atoms. The lowest BCUT2D eigenvalue weighted by Gasteiger charge is -2.41. The molecule has 1 atom stereocenters. The molecule has 2 rings (SSSR count). The monoisotopic (exact) mass is 336 g/mol. The summed E-state index contributed by atoms with van der Waals surface area (Å²) in [6.07, 6.45) is 1.65. The molecule has 0 aliphatic rings. The van der Waals surface area contributed by atoms with Crippen LogP contribution in [0.3, 0.4) is 0 Å². The molecule has 4 heteroatoms. The molecule has 0 fully saturated rings. The van der Waals surface area contributed by atoms with E-state index in [4.69, 9.17) is 9.92 Å². The minimum absolute atomic E-state index is 0.546. The molecule has 0 heterocycles. The largest absolute Gasteiger partial charge is 0.427 e. The molecule has 3 nitrogen and oxygen atoms in total. The Morgan fingerprint density at radius 3 is 2.40 bits per heavy atom. The fourth-order valence-corrected chi connectivity index (χ4v) is 2.62. The van der Waals surface area contributed by atoms with Crippen LogP contribution in [-0.4, -0.2) is 23.8 Å². The number of fused-ring (bicyclic) bond motifs is 1. The van der Waals surface area contributed by atoms with Crippen LogP contribution in [-0.2, 0) is 4.65 Å². The maximum atomic E-state index is 10.8. The van der Waals surface area contributed by atoms with Crippen molar-refractivity contribution in [2.45, 2.75) is 58.7 Å². The lowest BCUT2D eigenvalue weighted by atomic mass is 9.78. The molecule has 1 N–H and O–H groups in total. The predicted molar refractivity (Wildman–Crippen MR) is 104 cm³/mol. The van der Waals surface area contributed by atoms with E-state index in [9.17, 15) is 5.11 Å². The van der Waals surface area contributed by atoms with Crippen LogP contribution in [0.4, 0.5) is 0 Å². The summed E-state index contributed by atoms with van der Waals surface area (Å²) in [6.45, 7) is 9.99. The molecule has 0 aliphatic heterocycles. The highest BCUT2D eigenvalue weighted by molar-refractivity contribution is 6.47. The van der Waals surface area contributed by atoms with Gasteiger partial charge < -0.3 is 9.76 Å². The third-order valence-corrected chi connectivity index (χ3v) is 4.99. The molecule has 2 aromatic rings. The molecule has 2 aromatic carbocycles. The summed E-state index contributed by atoms with van der Waals surface area (Å²) in [6, 6.07) is 13.7. The molecular weight excluding hydrogens is 309 g/mol. The summed E-state index contributed by atoms with van der Waals surface area (Å²) in [5.41, 5.74) is -0.0128. The topological polar surface area (TPSA) is 53.2 Å². The Bertz CT molecular complexity index is 775. The molecule has 131 valence electrons. The molecule has 0 spiro atoms. The van der Waals surface area contributed by atoms with Gasteiger partial charge in [-0.05, 0) is 62.4 Å². The van der Waals surface area contributed by atoms with Crippen molar-refractivity contribution in [1.29, 1.82) is 5.26 Å². The van der Waals surface area contributed by atoms with Gasteiger partial charge in [-0.15, -0.1) is 0 Å². The molecule has 0 aliphatic carbocycles. The summed E-state index contributed by atoms with van der Waals surface area (Å²) in [7, 11) is 1.71. The van der Waals surface area contributed by atoms with Crippen molar-refractivity contribution in [3.63, 3.8) is 0 Å². The van der Waals surface area contributed by atoms with Gasteiger partial charge in [0.1, 0.15) is 0 Å². The maximum absolute atomic E-state index is 10.8. The summed E-state index contributed by atoms with van der Waals surface area (Å²) in [5, 5.41) is 21.9. The van der Waals surface area contributed by atoms with E-state index in [0.717, 1.165) is 22.7 Å². The van der Waals surface area contributed by atoms with Crippen LogP contribution < -0.4 is 5.46 Å². The van der Waals surface area contributed by atoms with Gasteiger partial charge in [-0.1, -0.05) is 43.6 Å². The van der Waals surface area contributed by atoms with E-state index in [-0.39, 0.29) is 0 Å². The number of hydrogen-bond acceptors (Lipinski definition) is 3. The Labute approximate surface area is 151 Å². The Hall–Kier alpha value is -1.83. The molecule has 0 amide bonds. The maximum Gasteiger partial charge on any atom is 0.330 e. The van der Waals surface area contributed by atoms with Gasteiger partial charge in [0.25, 0.3) is 0 Å². The zero-order chi connectivity index (χ0) is 18.7. The lowest BCUT2D eigenvalue weighted by molar-refractivity contribution is -0.109. The van der Waals surface area contributed by atoms with E-state index in [1.165, 1.54) is 0 Å². The van der Waals surface area contributed by atoms with E-state index in [1.807, 2.05) is 57.2 Å². The van der Waals surface area contributed by atoms with Crippen LogP contribution >= 0.6 is 0 Å². The number of nitrogens with zero attached hydrogens (tertiary/aromatic N) is 1. The van der Waals surface area contributed by atoms with Crippen molar-refractivity contribution < 1.29 is 9.76 Å². The molecule has 0 aromatic heterocycles. The average molecular weight is 336 g/mol. The Morgan fingerprint density at radius 1 is 1.12 bits per heavy atom. The number of nitriles is 1. The van der Waals surface area contributed by atoms with Crippen LogP contribution in [0.25, 0.3) is 10.8 Å². The van der Waals surface area contributed by atoms with E-state index in [2.05, 4.69) is 19.9 Å². The summed E-state index contributed by atoms with van der Waals surface area (Å²) >= 11 is 0. The SMILES string of the molecule is CC(C)CCC(C)(O)C(C)(C)O[B]c1ccc2cc(C#N)ccc2c1. The molecule has 25 heavy (non-hydrogen) atoms. The van der Waals surface area contributed by atoms with Gasteiger partial charge in [0.05, 0.1) is 22.8 Å². The van der Waals surface area contributed by atoms with E-state index >= 15 is 0 Å². The van der Waals surface area contributed by atoms with Crippen LogP contribution in [0.15, 0.2) is 36.4 Å². The Morgan fingerprint density at radius 2 is 1.76 bits per heavy atom. The summed E-state index contributed by atoms with van der Waals surface area (Å²) in [4.78, 5) is 0. The zero-order valence-corrected chi connectivity index (χ0v) is 15.8. The highest BCUT2D eigenvalue weighted by Gasteiger charge is 2.39. The lowest BCUT2D eigenvalue weighted by Crippen LogP contribution is -2.51. The quantitative estimate of drug-likeness (QED) is 0.779. The first-order valence-electron chi connectivity index (χ1n) is 8.82. The fraction of sp³-hybridized carbons (Fsp3) is 0.476.